The van der Waals surface area contributed by atoms with Gasteiger partial charge in [-0.2, -0.15) is 9.40 Å². The van der Waals surface area contributed by atoms with Crippen molar-refractivity contribution in [1.29, 1.82) is 0 Å². The highest BCUT2D eigenvalue weighted by Gasteiger charge is 2.29. The lowest BCUT2D eigenvalue weighted by Gasteiger charge is -2.31. The highest BCUT2D eigenvalue weighted by Crippen LogP contribution is 2.25. The van der Waals surface area contributed by atoms with Gasteiger partial charge in [0.15, 0.2) is 0 Å². The number of nitrogens with one attached hydrogen (secondary N) is 1. The quantitative estimate of drug-likeness (QED) is 0.654. The second-order valence-corrected chi connectivity index (χ2v) is 8.91. The summed E-state index contributed by atoms with van der Waals surface area (Å²) in [6.07, 6.45) is 4.70. The maximum Gasteiger partial charge on any atom is 0.243 e. The van der Waals surface area contributed by atoms with E-state index in [1.54, 1.807) is 54.5 Å². The van der Waals surface area contributed by atoms with Gasteiger partial charge in [0.2, 0.25) is 16.0 Å². The molecule has 0 spiro atoms. The lowest BCUT2D eigenvalue weighted by atomic mass is 10.1. The van der Waals surface area contributed by atoms with E-state index in [9.17, 15) is 8.42 Å². The van der Waals surface area contributed by atoms with E-state index in [1.165, 1.54) is 4.31 Å². The van der Waals surface area contributed by atoms with E-state index >= 15 is 0 Å². The van der Waals surface area contributed by atoms with Crippen molar-refractivity contribution in [3.8, 4) is 11.3 Å². The van der Waals surface area contributed by atoms with Crippen LogP contribution in [0.4, 0.5) is 11.8 Å². The number of anilines is 2. The van der Waals surface area contributed by atoms with Gasteiger partial charge in [-0.3, -0.25) is 4.68 Å². The zero-order chi connectivity index (χ0) is 20.4. The van der Waals surface area contributed by atoms with Crippen LogP contribution in [-0.2, 0) is 17.1 Å². The fourth-order valence-electron chi connectivity index (χ4n) is 3.39. The van der Waals surface area contributed by atoms with Crippen molar-refractivity contribution < 1.29 is 8.42 Å². The number of aromatic nitrogens is 4. The first-order chi connectivity index (χ1) is 13.9. The second kappa shape index (κ2) is 7.80. The Morgan fingerprint density at radius 1 is 1.14 bits per heavy atom. The predicted molar refractivity (Wildman–Crippen MR) is 110 cm³/mol. The third-order valence-corrected chi connectivity index (χ3v) is 7.00. The first-order valence-electron chi connectivity index (χ1n) is 9.38. The van der Waals surface area contributed by atoms with Gasteiger partial charge >= 0.3 is 0 Å². The fourth-order valence-corrected chi connectivity index (χ4v) is 4.88. The molecule has 9 nitrogen and oxygen atoms in total. The van der Waals surface area contributed by atoms with E-state index in [0.29, 0.717) is 48.3 Å². The Hall–Kier alpha value is -2.98. The number of nitrogens with two attached hydrogens (primary N) is 1. The molecule has 3 aromatic rings. The van der Waals surface area contributed by atoms with Crippen LogP contribution >= 0.6 is 0 Å². The van der Waals surface area contributed by atoms with Crippen LogP contribution in [-0.4, -0.2) is 51.6 Å². The van der Waals surface area contributed by atoms with Crippen molar-refractivity contribution in [2.24, 2.45) is 7.05 Å². The third kappa shape index (κ3) is 3.94. The van der Waals surface area contributed by atoms with Crippen LogP contribution in [0.1, 0.15) is 12.8 Å². The molecular weight excluding hydrogens is 390 g/mol. The summed E-state index contributed by atoms with van der Waals surface area (Å²) in [5, 5.41) is 7.46. The van der Waals surface area contributed by atoms with Crippen LogP contribution in [0.25, 0.3) is 11.3 Å². The molecule has 1 saturated heterocycles. The molecule has 1 aromatic carbocycles. The Morgan fingerprint density at radius 3 is 2.52 bits per heavy atom. The second-order valence-electron chi connectivity index (χ2n) is 6.97. The number of sulfonamides is 1. The van der Waals surface area contributed by atoms with Crippen LogP contribution in [0.2, 0.25) is 0 Å². The molecule has 4 rings (SSSR count). The predicted octanol–water partition coefficient (Wildman–Crippen LogP) is 1.72. The molecule has 29 heavy (non-hydrogen) atoms. The van der Waals surface area contributed by atoms with Gasteiger partial charge in [0, 0.05) is 32.4 Å². The van der Waals surface area contributed by atoms with Gasteiger partial charge in [0.05, 0.1) is 22.3 Å². The number of hydrogen-bond donors (Lipinski definition) is 2. The summed E-state index contributed by atoms with van der Waals surface area (Å²) in [7, 11) is -1.68. The maximum absolute atomic E-state index is 12.7. The molecule has 1 fully saturated rings. The van der Waals surface area contributed by atoms with Crippen LogP contribution in [0.5, 0.6) is 0 Å². The molecule has 152 valence electrons. The van der Waals surface area contributed by atoms with Crippen LogP contribution in [0.15, 0.2) is 53.7 Å². The van der Waals surface area contributed by atoms with Crippen molar-refractivity contribution in [3.63, 3.8) is 0 Å². The summed E-state index contributed by atoms with van der Waals surface area (Å²) in [6, 6.07) is 10.4. The largest absolute Gasteiger partial charge is 0.383 e. The minimum absolute atomic E-state index is 0.0960. The number of benzene rings is 1. The Labute approximate surface area is 169 Å². The summed E-state index contributed by atoms with van der Waals surface area (Å²) in [4.78, 5) is 9.16. The minimum atomic E-state index is -3.45. The smallest absolute Gasteiger partial charge is 0.243 e. The van der Waals surface area contributed by atoms with E-state index in [0.717, 1.165) is 5.56 Å². The van der Waals surface area contributed by atoms with E-state index in [-0.39, 0.29) is 6.04 Å². The van der Waals surface area contributed by atoms with E-state index in [1.807, 2.05) is 6.07 Å². The lowest BCUT2D eigenvalue weighted by molar-refractivity contribution is 0.329. The zero-order valence-corrected chi connectivity index (χ0v) is 16.9. The average molecular weight is 414 g/mol. The third-order valence-electron chi connectivity index (χ3n) is 5.08. The van der Waals surface area contributed by atoms with Crippen molar-refractivity contribution >= 4 is 21.8 Å². The minimum Gasteiger partial charge on any atom is -0.383 e. The molecule has 1 aliphatic heterocycles. The van der Waals surface area contributed by atoms with Gasteiger partial charge < -0.3 is 11.1 Å². The standard InChI is InChI=1S/C19H23N7O2S/c1-25-18(20)16(13-22-25)17-7-10-21-19(24-17)23-14-8-11-26(12-9-14)29(27,28)15-5-3-2-4-6-15/h2-7,10,13-14H,8-9,11-12,20H2,1H3,(H,21,23,24). The molecule has 0 saturated carbocycles. The molecule has 0 bridgehead atoms. The Bertz CT molecular complexity index is 1090. The van der Waals surface area contributed by atoms with Gasteiger partial charge in [-0.1, -0.05) is 18.2 Å². The van der Waals surface area contributed by atoms with E-state index in [4.69, 9.17) is 5.73 Å². The van der Waals surface area contributed by atoms with Crippen molar-refractivity contribution in [2.75, 3.05) is 24.1 Å². The Morgan fingerprint density at radius 2 is 1.86 bits per heavy atom. The molecule has 0 radical (unpaired) electrons. The van der Waals surface area contributed by atoms with Crippen LogP contribution in [0.3, 0.4) is 0 Å². The molecule has 3 N–H and O–H groups in total. The Kier molecular flexibility index (Phi) is 5.20. The van der Waals surface area contributed by atoms with Gasteiger partial charge in [0.25, 0.3) is 0 Å². The summed E-state index contributed by atoms with van der Waals surface area (Å²) >= 11 is 0. The summed E-state index contributed by atoms with van der Waals surface area (Å²) in [5.41, 5.74) is 7.47. The molecule has 0 amide bonds. The van der Waals surface area contributed by atoms with Gasteiger partial charge in [-0.05, 0) is 31.0 Å². The number of aryl methyl sites for hydroxylation is 1. The SMILES string of the molecule is Cn1ncc(-c2ccnc(NC3CCN(S(=O)(=O)c4ccccc4)CC3)n2)c1N. The van der Waals surface area contributed by atoms with Crippen molar-refractivity contribution in [3.05, 3.63) is 48.8 Å². The van der Waals surface area contributed by atoms with E-state index < -0.39 is 10.0 Å². The maximum atomic E-state index is 12.7. The van der Waals surface area contributed by atoms with Crippen LogP contribution < -0.4 is 11.1 Å². The first-order valence-corrected chi connectivity index (χ1v) is 10.8. The van der Waals surface area contributed by atoms with Gasteiger partial charge in [-0.15, -0.1) is 0 Å². The summed E-state index contributed by atoms with van der Waals surface area (Å²) < 4.78 is 28.6. The van der Waals surface area contributed by atoms with Gasteiger partial charge in [0.1, 0.15) is 5.82 Å². The normalized spacial score (nSPS) is 16.0. The fraction of sp³-hybridized carbons (Fsp3) is 0.316. The summed E-state index contributed by atoms with van der Waals surface area (Å²) in [6.45, 7) is 0.897. The molecule has 10 heteroatoms. The average Bonchev–Trinajstić information content (AvgIpc) is 3.08. The number of rotatable bonds is 5. The van der Waals surface area contributed by atoms with E-state index in [2.05, 4.69) is 20.4 Å². The van der Waals surface area contributed by atoms with Gasteiger partial charge in [-0.25, -0.2) is 18.4 Å². The molecule has 2 aromatic heterocycles. The molecular formula is C19H23N7O2S. The monoisotopic (exact) mass is 413 g/mol. The van der Waals surface area contributed by atoms with Crippen molar-refractivity contribution in [1.82, 2.24) is 24.1 Å². The molecule has 0 atom stereocenters. The highest BCUT2D eigenvalue weighted by atomic mass is 32.2. The molecule has 1 aliphatic rings. The zero-order valence-electron chi connectivity index (χ0n) is 16.1. The highest BCUT2D eigenvalue weighted by molar-refractivity contribution is 7.89. The Balaban J connectivity index is 1.42. The number of nitrogen functional groups attached to an aromatic ring is 1. The number of hydrogen-bond acceptors (Lipinski definition) is 7. The summed E-state index contributed by atoms with van der Waals surface area (Å²) in [5.74, 6) is 1.03. The van der Waals surface area contributed by atoms with Crippen LogP contribution in [0, 0.1) is 0 Å². The molecule has 0 aliphatic carbocycles. The first kappa shape index (κ1) is 19.3. The lowest BCUT2D eigenvalue weighted by Crippen LogP contribution is -2.42. The number of piperidine rings is 1. The molecule has 3 heterocycles. The topological polar surface area (TPSA) is 119 Å². The number of nitrogens with zero attached hydrogens (tertiary/aromatic N) is 5. The van der Waals surface area contributed by atoms with Crippen molar-refractivity contribution in [2.45, 2.75) is 23.8 Å². The molecule has 0 unspecified atom stereocenters.